The number of methoxy groups -OCH3 is 1. The Kier molecular flexibility index (Phi) is 11.8. The molecule has 5 nitrogen and oxygen atoms in total. The lowest BCUT2D eigenvalue weighted by Gasteiger charge is -2.25. The number of carboxylic acids is 1. The topological polar surface area (TPSA) is 80.7 Å². The number of carbonyl (C=O) groups is 1. The summed E-state index contributed by atoms with van der Waals surface area (Å²) < 4.78 is 29.9. The third kappa shape index (κ3) is 7.64. The molecular weight excluding hydrogens is 412 g/mol. The third-order valence-electron chi connectivity index (χ3n) is 5.08. The van der Waals surface area contributed by atoms with Crippen molar-refractivity contribution in [2.45, 2.75) is 87.7 Å². The van der Waals surface area contributed by atoms with Crippen molar-refractivity contribution in [1.82, 2.24) is 0 Å². The molecule has 0 aromatic heterocycles. The average Bonchev–Trinajstić information content (AvgIpc) is 2.76. The molecule has 31 heavy (non-hydrogen) atoms. The van der Waals surface area contributed by atoms with Gasteiger partial charge in [0.2, 0.25) is 0 Å². The van der Waals surface area contributed by atoms with Crippen molar-refractivity contribution in [1.29, 1.82) is 0 Å². The molecule has 170 valence electrons. The molecule has 6 heteroatoms. The lowest BCUT2D eigenvalue weighted by molar-refractivity contribution is -0.139. The van der Waals surface area contributed by atoms with E-state index in [1.54, 1.807) is 0 Å². The van der Waals surface area contributed by atoms with Gasteiger partial charge in [-0.15, -0.1) is 23.7 Å². The zero-order valence-corrected chi connectivity index (χ0v) is 19.7. The molecule has 0 spiro atoms. The van der Waals surface area contributed by atoms with E-state index in [0.29, 0.717) is 18.6 Å². The molecule has 0 bridgehead atoms. The van der Waals surface area contributed by atoms with Crippen LogP contribution in [0, 0.1) is 23.7 Å². The van der Waals surface area contributed by atoms with Crippen molar-refractivity contribution in [3.05, 3.63) is 24.3 Å². The maximum atomic E-state index is 13.5. The highest BCUT2D eigenvalue weighted by Crippen LogP contribution is 2.33. The van der Waals surface area contributed by atoms with Gasteiger partial charge in [-0.25, -0.2) is 8.42 Å². The van der Waals surface area contributed by atoms with Gasteiger partial charge >= 0.3 is 5.97 Å². The minimum absolute atomic E-state index is 0.0729. The summed E-state index contributed by atoms with van der Waals surface area (Å²) >= 11 is 0. The highest BCUT2D eigenvalue weighted by Gasteiger charge is 2.51. The Morgan fingerprint density at radius 1 is 0.903 bits per heavy atom. The molecule has 0 fully saturated rings. The van der Waals surface area contributed by atoms with E-state index in [-0.39, 0.29) is 17.7 Å². The van der Waals surface area contributed by atoms with Crippen LogP contribution in [0.5, 0.6) is 5.75 Å². The van der Waals surface area contributed by atoms with Crippen LogP contribution in [-0.4, -0.2) is 31.4 Å². The number of unbranched alkanes of at least 4 members (excludes halogenated alkanes) is 6. The van der Waals surface area contributed by atoms with E-state index in [4.69, 9.17) is 4.74 Å². The molecule has 0 aliphatic heterocycles. The number of carboxylic acid groups (broad SMARTS) is 1. The summed E-state index contributed by atoms with van der Waals surface area (Å²) in [5.74, 6) is 10.6. The predicted octanol–water partition coefficient (Wildman–Crippen LogP) is 5.24. The van der Waals surface area contributed by atoms with Gasteiger partial charge in [-0.05, 0) is 37.1 Å². The highest BCUT2D eigenvalue weighted by molar-refractivity contribution is 7.93. The second kappa shape index (κ2) is 13.8. The van der Waals surface area contributed by atoms with E-state index in [9.17, 15) is 18.3 Å². The zero-order valence-electron chi connectivity index (χ0n) is 18.9. The number of aliphatic carboxylic acids is 1. The molecule has 1 rings (SSSR count). The van der Waals surface area contributed by atoms with Crippen LogP contribution < -0.4 is 4.74 Å². The van der Waals surface area contributed by atoms with Crippen molar-refractivity contribution in [3.8, 4) is 29.4 Å². The van der Waals surface area contributed by atoms with Crippen LogP contribution in [0.4, 0.5) is 0 Å². The Labute approximate surface area is 187 Å². The van der Waals surface area contributed by atoms with Crippen molar-refractivity contribution < 1.29 is 23.1 Å². The molecular formula is C25H34O5S. The number of hydrogen-bond acceptors (Lipinski definition) is 4. The molecule has 0 aliphatic rings. The van der Waals surface area contributed by atoms with E-state index in [0.717, 1.165) is 38.5 Å². The standard InChI is InChI=1S/C25H34O5S/c1-4-6-8-10-12-14-20-25(24(26)27,21-15-13-11-9-7-5-2)31(28,29)23-18-16-22(30-3)17-19-23/h16-19H,4-11,20-21H2,1-3H3,(H,26,27). The number of benzene rings is 1. The molecule has 1 N–H and O–H groups in total. The first-order valence-electron chi connectivity index (χ1n) is 10.9. The maximum Gasteiger partial charge on any atom is 0.327 e. The van der Waals surface area contributed by atoms with Gasteiger partial charge in [0.25, 0.3) is 0 Å². The van der Waals surface area contributed by atoms with Gasteiger partial charge in [0.15, 0.2) is 14.6 Å². The van der Waals surface area contributed by atoms with Crippen LogP contribution in [0.25, 0.3) is 0 Å². The highest BCUT2D eigenvalue weighted by atomic mass is 32.2. The normalized spacial score (nSPS) is 11.1. The number of sulfone groups is 1. The fourth-order valence-electron chi connectivity index (χ4n) is 3.01. The fourth-order valence-corrected chi connectivity index (χ4v) is 4.71. The summed E-state index contributed by atoms with van der Waals surface area (Å²) in [4.78, 5) is 12.3. The van der Waals surface area contributed by atoms with E-state index >= 15 is 0 Å². The van der Waals surface area contributed by atoms with Crippen LogP contribution in [0.1, 0.15) is 78.1 Å². The molecule has 1 aromatic carbocycles. The van der Waals surface area contributed by atoms with Crippen molar-refractivity contribution >= 4 is 15.8 Å². The second-order valence-electron chi connectivity index (χ2n) is 7.45. The van der Waals surface area contributed by atoms with Crippen molar-refractivity contribution in [3.63, 3.8) is 0 Å². The molecule has 0 radical (unpaired) electrons. The summed E-state index contributed by atoms with van der Waals surface area (Å²) in [5, 5.41) is 10.1. The number of ether oxygens (including phenoxy) is 1. The predicted molar refractivity (Wildman–Crippen MR) is 124 cm³/mol. The van der Waals surface area contributed by atoms with E-state index in [1.165, 1.54) is 31.4 Å². The van der Waals surface area contributed by atoms with Crippen LogP contribution in [0.2, 0.25) is 0 Å². The van der Waals surface area contributed by atoms with Crippen LogP contribution >= 0.6 is 0 Å². The smallest absolute Gasteiger partial charge is 0.327 e. The summed E-state index contributed by atoms with van der Waals surface area (Å²) in [6.07, 6.45) is 6.64. The molecule has 0 saturated carbocycles. The molecule has 0 unspecified atom stereocenters. The van der Waals surface area contributed by atoms with Crippen LogP contribution in [-0.2, 0) is 14.6 Å². The number of rotatable bonds is 12. The van der Waals surface area contributed by atoms with E-state index in [1.807, 2.05) is 0 Å². The van der Waals surface area contributed by atoms with Gasteiger partial charge in [-0.1, -0.05) is 39.5 Å². The molecule has 0 heterocycles. The minimum atomic E-state index is -4.24. The van der Waals surface area contributed by atoms with Crippen molar-refractivity contribution in [2.75, 3.05) is 7.11 Å². The SMILES string of the molecule is CCCCCC#CCC(CC#CCCCCC)(C(=O)O)S(=O)(=O)c1ccc(OC)cc1. The minimum Gasteiger partial charge on any atom is -0.497 e. The Morgan fingerprint density at radius 3 is 1.77 bits per heavy atom. The van der Waals surface area contributed by atoms with Gasteiger partial charge in [0.1, 0.15) is 5.75 Å². The Morgan fingerprint density at radius 2 is 1.39 bits per heavy atom. The quantitative estimate of drug-likeness (QED) is 0.351. The largest absolute Gasteiger partial charge is 0.497 e. The molecule has 0 atom stereocenters. The first-order chi connectivity index (χ1) is 14.9. The Hall–Kier alpha value is -2.44. The maximum absolute atomic E-state index is 13.5. The van der Waals surface area contributed by atoms with Gasteiger partial charge < -0.3 is 9.84 Å². The van der Waals surface area contributed by atoms with E-state index < -0.39 is 20.6 Å². The van der Waals surface area contributed by atoms with Gasteiger partial charge in [-0.3, -0.25) is 4.79 Å². The summed E-state index contributed by atoms with van der Waals surface area (Å²) in [6, 6.07) is 5.75. The van der Waals surface area contributed by atoms with Crippen molar-refractivity contribution in [2.24, 2.45) is 0 Å². The second-order valence-corrected chi connectivity index (χ2v) is 9.71. The molecule has 1 aromatic rings. The summed E-state index contributed by atoms with van der Waals surface area (Å²) in [5.41, 5.74) is 0. The van der Waals surface area contributed by atoms with E-state index in [2.05, 4.69) is 37.5 Å². The lowest BCUT2D eigenvalue weighted by atomic mass is 10.0. The lowest BCUT2D eigenvalue weighted by Crippen LogP contribution is -2.46. The molecule has 0 saturated heterocycles. The average molecular weight is 447 g/mol. The fraction of sp³-hybridized carbons (Fsp3) is 0.560. The molecule has 0 amide bonds. The Balaban J connectivity index is 3.27. The van der Waals surface area contributed by atoms with Gasteiger partial charge in [0.05, 0.1) is 12.0 Å². The Bertz CT molecular complexity index is 879. The van der Waals surface area contributed by atoms with Gasteiger partial charge in [0, 0.05) is 25.7 Å². The van der Waals surface area contributed by atoms with Crippen LogP contribution in [0.3, 0.4) is 0 Å². The molecule has 0 aliphatic carbocycles. The summed E-state index contributed by atoms with van der Waals surface area (Å²) in [6.45, 7) is 4.17. The zero-order chi connectivity index (χ0) is 23.2. The monoisotopic (exact) mass is 446 g/mol. The summed E-state index contributed by atoms with van der Waals surface area (Å²) in [7, 11) is -2.76. The first-order valence-corrected chi connectivity index (χ1v) is 12.4. The number of hydrogen-bond donors (Lipinski definition) is 1. The third-order valence-corrected chi connectivity index (χ3v) is 7.47. The van der Waals surface area contributed by atoms with Gasteiger partial charge in [-0.2, -0.15) is 0 Å². The first kappa shape index (κ1) is 26.6. The van der Waals surface area contributed by atoms with Crippen LogP contribution in [0.15, 0.2) is 29.2 Å².